The predicted molar refractivity (Wildman–Crippen MR) is 87.8 cm³/mol. The Morgan fingerprint density at radius 1 is 1.33 bits per heavy atom. The van der Waals surface area contributed by atoms with E-state index in [0.29, 0.717) is 18.8 Å². The Morgan fingerprint density at radius 3 is 2.71 bits per heavy atom. The highest BCUT2D eigenvalue weighted by Crippen LogP contribution is 2.21. The highest BCUT2D eigenvalue weighted by Gasteiger charge is 2.23. The van der Waals surface area contributed by atoms with Crippen LogP contribution in [0.2, 0.25) is 0 Å². The van der Waals surface area contributed by atoms with E-state index in [1.54, 1.807) is 24.3 Å². The lowest BCUT2D eigenvalue weighted by atomic mass is 10.1. The second-order valence-corrected chi connectivity index (χ2v) is 5.55. The summed E-state index contributed by atoms with van der Waals surface area (Å²) in [6.07, 6.45) is 1.94. The number of nitrogens with zero attached hydrogens (tertiary/aromatic N) is 1. The van der Waals surface area contributed by atoms with Crippen molar-refractivity contribution in [2.75, 3.05) is 31.7 Å². The quantitative estimate of drug-likeness (QED) is 0.788. The summed E-state index contributed by atoms with van der Waals surface area (Å²) in [4.78, 5) is 37.3. The summed E-state index contributed by atoms with van der Waals surface area (Å²) in [6.45, 7) is 2.31. The lowest BCUT2D eigenvalue weighted by molar-refractivity contribution is -0.123. The van der Waals surface area contributed by atoms with Crippen molar-refractivity contribution in [3.05, 3.63) is 29.8 Å². The number of para-hydroxylation sites is 1. The Balaban J connectivity index is 2.07. The molecule has 1 heterocycles. The summed E-state index contributed by atoms with van der Waals surface area (Å²) in [5.74, 6) is -1.20. The molecule has 0 aromatic heterocycles. The van der Waals surface area contributed by atoms with Gasteiger partial charge in [-0.25, -0.2) is 4.79 Å². The van der Waals surface area contributed by atoms with Gasteiger partial charge in [0.15, 0.2) is 0 Å². The van der Waals surface area contributed by atoms with Gasteiger partial charge in [-0.05, 0) is 25.0 Å². The normalized spacial score (nSPS) is 16.5. The second-order valence-electron chi connectivity index (χ2n) is 5.55. The van der Waals surface area contributed by atoms with Crippen LogP contribution in [0, 0.1) is 0 Å². The van der Waals surface area contributed by atoms with Crippen LogP contribution in [0.3, 0.4) is 0 Å². The smallest absolute Gasteiger partial charge is 0.339 e. The number of esters is 1. The molecular formula is C17H22N2O5. The van der Waals surface area contributed by atoms with Crippen LogP contribution in [0.1, 0.15) is 30.1 Å². The summed E-state index contributed by atoms with van der Waals surface area (Å²) in [5.41, 5.74) is 0.589. The molecule has 7 nitrogen and oxygen atoms in total. The average molecular weight is 334 g/mol. The molecule has 0 saturated carbocycles. The topological polar surface area (TPSA) is 84.9 Å². The number of methoxy groups -OCH3 is 1. The third-order valence-corrected chi connectivity index (χ3v) is 3.83. The molecule has 1 aliphatic heterocycles. The van der Waals surface area contributed by atoms with Crippen LogP contribution >= 0.6 is 0 Å². The maximum Gasteiger partial charge on any atom is 0.339 e. The number of amides is 2. The third kappa shape index (κ3) is 4.55. The Hall–Kier alpha value is -2.41. The molecule has 1 saturated heterocycles. The van der Waals surface area contributed by atoms with E-state index in [1.807, 2.05) is 0 Å². The number of ether oxygens (including phenoxy) is 2. The Labute approximate surface area is 140 Å². The van der Waals surface area contributed by atoms with Crippen molar-refractivity contribution in [3.63, 3.8) is 0 Å². The van der Waals surface area contributed by atoms with Crippen molar-refractivity contribution in [2.45, 2.75) is 25.9 Å². The van der Waals surface area contributed by atoms with E-state index < -0.39 is 5.97 Å². The van der Waals surface area contributed by atoms with Gasteiger partial charge < -0.3 is 19.7 Å². The van der Waals surface area contributed by atoms with Crippen LogP contribution < -0.4 is 10.2 Å². The molecule has 1 aliphatic rings. The van der Waals surface area contributed by atoms with E-state index in [4.69, 9.17) is 9.47 Å². The van der Waals surface area contributed by atoms with Gasteiger partial charge in [-0.15, -0.1) is 0 Å². The fraction of sp³-hybridized carbons (Fsp3) is 0.471. The molecule has 0 bridgehead atoms. The van der Waals surface area contributed by atoms with Crippen molar-refractivity contribution in [2.24, 2.45) is 0 Å². The Morgan fingerprint density at radius 2 is 2.08 bits per heavy atom. The highest BCUT2D eigenvalue weighted by molar-refractivity contribution is 6.04. The lowest BCUT2D eigenvalue weighted by Crippen LogP contribution is -2.42. The fourth-order valence-corrected chi connectivity index (χ4v) is 2.59. The zero-order chi connectivity index (χ0) is 17.5. The SMILES string of the molecule is COC(=O)c1ccccc1N(CC(=O)NCC1CCCO1)C(C)=O. The van der Waals surface area contributed by atoms with Crippen molar-refractivity contribution in [1.29, 1.82) is 0 Å². The first-order valence-corrected chi connectivity index (χ1v) is 7.86. The molecule has 1 atom stereocenters. The number of hydrogen-bond acceptors (Lipinski definition) is 5. The zero-order valence-electron chi connectivity index (χ0n) is 13.9. The van der Waals surface area contributed by atoms with Gasteiger partial charge in [-0.3, -0.25) is 9.59 Å². The van der Waals surface area contributed by atoms with E-state index in [1.165, 1.54) is 18.9 Å². The first-order chi connectivity index (χ1) is 11.5. The van der Waals surface area contributed by atoms with Gasteiger partial charge in [0, 0.05) is 20.1 Å². The minimum Gasteiger partial charge on any atom is -0.465 e. The molecule has 1 aromatic rings. The molecule has 7 heteroatoms. The van der Waals surface area contributed by atoms with Crippen molar-refractivity contribution < 1.29 is 23.9 Å². The van der Waals surface area contributed by atoms with Crippen LogP contribution in [0.15, 0.2) is 24.3 Å². The van der Waals surface area contributed by atoms with Gasteiger partial charge >= 0.3 is 5.97 Å². The number of carbonyl (C=O) groups is 3. The average Bonchev–Trinajstić information content (AvgIpc) is 3.10. The predicted octanol–water partition coefficient (Wildman–Crippen LogP) is 1.12. The van der Waals surface area contributed by atoms with Crippen molar-refractivity contribution in [1.82, 2.24) is 5.32 Å². The monoisotopic (exact) mass is 334 g/mol. The molecule has 2 rings (SSSR count). The molecule has 1 fully saturated rings. The zero-order valence-corrected chi connectivity index (χ0v) is 13.9. The van der Waals surface area contributed by atoms with Crippen LogP contribution in [-0.4, -0.2) is 50.7 Å². The van der Waals surface area contributed by atoms with Crippen molar-refractivity contribution >= 4 is 23.5 Å². The second kappa shape index (κ2) is 8.44. The molecule has 1 N–H and O–H groups in total. The molecular weight excluding hydrogens is 312 g/mol. The molecule has 0 radical (unpaired) electrons. The van der Waals surface area contributed by atoms with Crippen LogP contribution in [0.25, 0.3) is 0 Å². The van der Waals surface area contributed by atoms with Crippen LogP contribution in [0.5, 0.6) is 0 Å². The highest BCUT2D eigenvalue weighted by atomic mass is 16.5. The maximum atomic E-state index is 12.2. The van der Waals surface area contributed by atoms with Gasteiger partial charge in [-0.2, -0.15) is 0 Å². The minimum atomic E-state index is -0.559. The van der Waals surface area contributed by atoms with E-state index in [9.17, 15) is 14.4 Å². The number of benzene rings is 1. The number of rotatable bonds is 6. The van der Waals surface area contributed by atoms with Gasteiger partial charge in [0.2, 0.25) is 11.8 Å². The minimum absolute atomic E-state index is 0.0297. The van der Waals surface area contributed by atoms with E-state index >= 15 is 0 Å². The fourth-order valence-electron chi connectivity index (χ4n) is 2.59. The molecule has 1 aromatic carbocycles. The van der Waals surface area contributed by atoms with Gasteiger partial charge in [0.25, 0.3) is 0 Å². The summed E-state index contributed by atoms with van der Waals surface area (Å²) in [5, 5.41) is 2.77. The largest absolute Gasteiger partial charge is 0.465 e. The summed E-state index contributed by atoms with van der Waals surface area (Å²) in [7, 11) is 1.27. The van der Waals surface area contributed by atoms with E-state index in [2.05, 4.69) is 5.32 Å². The molecule has 0 aliphatic carbocycles. The van der Waals surface area contributed by atoms with Gasteiger partial charge in [0.05, 0.1) is 24.5 Å². The number of anilines is 1. The number of hydrogen-bond donors (Lipinski definition) is 1. The molecule has 130 valence electrons. The van der Waals surface area contributed by atoms with E-state index in [0.717, 1.165) is 12.8 Å². The molecule has 24 heavy (non-hydrogen) atoms. The Kier molecular flexibility index (Phi) is 6.31. The number of nitrogens with one attached hydrogen (secondary N) is 1. The number of carbonyl (C=O) groups excluding carboxylic acids is 3. The van der Waals surface area contributed by atoms with Gasteiger partial charge in [-0.1, -0.05) is 12.1 Å². The third-order valence-electron chi connectivity index (χ3n) is 3.83. The van der Waals surface area contributed by atoms with Gasteiger partial charge in [0.1, 0.15) is 6.54 Å². The standard InChI is InChI=1S/C17H22N2O5/c1-12(20)19(11-16(21)18-10-13-6-5-9-24-13)15-8-4-3-7-14(15)17(22)23-2/h3-4,7-8,13H,5-6,9-11H2,1-2H3,(H,18,21). The molecule has 1 unspecified atom stereocenters. The molecule has 2 amide bonds. The van der Waals surface area contributed by atoms with E-state index in [-0.39, 0.29) is 30.0 Å². The summed E-state index contributed by atoms with van der Waals surface area (Å²) >= 11 is 0. The molecule has 0 spiro atoms. The maximum absolute atomic E-state index is 12.2. The van der Waals surface area contributed by atoms with Crippen molar-refractivity contribution in [3.8, 4) is 0 Å². The van der Waals surface area contributed by atoms with Crippen LogP contribution in [-0.2, 0) is 19.1 Å². The first kappa shape index (κ1) is 17.9. The van der Waals surface area contributed by atoms with Crippen LogP contribution in [0.4, 0.5) is 5.69 Å². The lowest BCUT2D eigenvalue weighted by Gasteiger charge is -2.23. The summed E-state index contributed by atoms with van der Waals surface area (Å²) in [6, 6.07) is 6.54. The first-order valence-electron chi connectivity index (χ1n) is 7.86. The summed E-state index contributed by atoms with van der Waals surface area (Å²) < 4.78 is 10.2. The Bertz CT molecular complexity index is 611.